The van der Waals surface area contributed by atoms with Gasteiger partial charge in [0.25, 0.3) is 0 Å². The van der Waals surface area contributed by atoms with E-state index in [1.54, 1.807) is 13.3 Å². The van der Waals surface area contributed by atoms with Crippen LogP contribution in [-0.2, 0) is 15.6 Å². The van der Waals surface area contributed by atoms with E-state index in [0.29, 0.717) is 5.92 Å². The molecule has 1 aliphatic carbocycles. The smallest absolute Gasteiger partial charge is 0.141 e. The van der Waals surface area contributed by atoms with Gasteiger partial charge in [-0.25, -0.2) is 9.67 Å². The van der Waals surface area contributed by atoms with Crippen LogP contribution in [0.25, 0.3) is 33.3 Å². The molecule has 0 saturated heterocycles. The van der Waals surface area contributed by atoms with Crippen LogP contribution in [0.4, 0.5) is 0 Å². The van der Waals surface area contributed by atoms with E-state index in [4.69, 9.17) is 24.3 Å². The molecule has 6 aromatic rings. The maximum atomic E-state index is 6.74. The summed E-state index contributed by atoms with van der Waals surface area (Å²) in [5.74, 6) is 3.70. The highest BCUT2D eigenvalue weighted by molar-refractivity contribution is 6.09. The number of aromatic nitrogens is 4. The Balaban J connectivity index is 1.36. The van der Waals surface area contributed by atoms with E-state index in [9.17, 15) is 0 Å². The number of allylic oxidation sites excluding steroid dienone is 1. The maximum absolute atomic E-state index is 6.74. The SMILES string of the molecule is COc1ccnc(-n2c3ccccc3c3ccc(Oc4cc(C)cc(-n5nc(C(C)(C)C)c([C@@H]6C(C)=CC(OC)C[C@@H]6C)c5C(C)(C)C)c4)cc32)c1. The van der Waals surface area contributed by atoms with Crippen molar-refractivity contribution >= 4 is 21.8 Å². The normalized spacial score (nSPS) is 18.2. The largest absolute Gasteiger partial charge is 0.497 e. The highest BCUT2D eigenvalue weighted by Crippen LogP contribution is 2.48. The van der Waals surface area contributed by atoms with Gasteiger partial charge >= 0.3 is 0 Å². The summed E-state index contributed by atoms with van der Waals surface area (Å²) in [7, 11) is 3.49. The second-order valence-electron chi connectivity index (χ2n) is 16.6. The molecule has 0 amide bonds. The summed E-state index contributed by atoms with van der Waals surface area (Å²) >= 11 is 0. The monoisotopic (exact) mass is 696 g/mol. The summed E-state index contributed by atoms with van der Waals surface area (Å²) in [5, 5.41) is 7.78. The second kappa shape index (κ2) is 13.3. The fraction of sp³-hybridized carbons (Fsp3) is 0.378. The van der Waals surface area contributed by atoms with Gasteiger partial charge in [-0.05, 0) is 68.1 Å². The van der Waals surface area contributed by atoms with E-state index < -0.39 is 0 Å². The minimum Gasteiger partial charge on any atom is -0.497 e. The fourth-order valence-corrected chi connectivity index (χ4v) is 8.24. The van der Waals surface area contributed by atoms with Crippen molar-refractivity contribution in [2.24, 2.45) is 5.92 Å². The van der Waals surface area contributed by atoms with Gasteiger partial charge in [0.05, 0.1) is 41.3 Å². The van der Waals surface area contributed by atoms with Gasteiger partial charge in [0.2, 0.25) is 0 Å². The number of hydrogen-bond acceptors (Lipinski definition) is 5. The van der Waals surface area contributed by atoms with E-state index in [1.165, 1.54) is 16.8 Å². The molecule has 1 aliphatic rings. The van der Waals surface area contributed by atoms with Crippen molar-refractivity contribution in [2.45, 2.75) is 91.6 Å². The molecule has 0 spiro atoms. The topological polar surface area (TPSA) is 63.3 Å². The summed E-state index contributed by atoms with van der Waals surface area (Å²) in [5.41, 5.74) is 8.92. The first-order chi connectivity index (χ1) is 24.7. The Morgan fingerprint density at radius 1 is 0.769 bits per heavy atom. The van der Waals surface area contributed by atoms with Gasteiger partial charge < -0.3 is 14.2 Å². The first-order valence-electron chi connectivity index (χ1n) is 18.4. The van der Waals surface area contributed by atoms with Crippen LogP contribution in [0.2, 0.25) is 0 Å². The second-order valence-corrected chi connectivity index (χ2v) is 16.6. The molecule has 52 heavy (non-hydrogen) atoms. The molecule has 3 aromatic carbocycles. The third kappa shape index (κ3) is 6.40. The van der Waals surface area contributed by atoms with E-state index >= 15 is 0 Å². The third-order valence-corrected chi connectivity index (χ3v) is 10.4. The Labute approximate surface area is 308 Å². The Morgan fingerprint density at radius 2 is 1.52 bits per heavy atom. The number of para-hydroxylation sites is 1. The Kier molecular flexibility index (Phi) is 9.06. The van der Waals surface area contributed by atoms with Crippen molar-refractivity contribution in [2.75, 3.05) is 14.2 Å². The number of benzene rings is 3. The zero-order chi connectivity index (χ0) is 37.1. The Bertz CT molecular complexity index is 2310. The van der Waals surface area contributed by atoms with Crippen LogP contribution in [0.1, 0.15) is 90.2 Å². The van der Waals surface area contributed by atoms with E-state index in [2.05, 4.69) is 138 Å². The van der Waals surface area contributed by atoms with Gasteiger partial charge in [-0.1, -0.05) is 78.3 Å². The lowest BCUT2D eigenvalue weighted by Crippen LogP contribution is -2.29. The highest BCUT2D eigenvalue weighted by Gasteiger charge is 2.40. The zero-order valence-corrected chi connectivity index (χ0v) is 32.5. The Hall–Kier alpha value is -4.88. The molecule has 7 heteroatoms. The van der Waals surface area contributed by atoms with Gasteiger partial charge in [-0.3, -0.25) is 4.57 Å². The molecule has 0 saturated carbocycles. The van der Waals surface area contributed by atoms with Crippen LogP contribution in [0.3, 0.4) is 0 Å². The molecule has 1 unspecified atom stereocenters. The summed E-state index contributed by atoms with van der Waals surface area (Å²) in [6.45, 7) is 20.5. The van der Waals surface area contributed by atoms with Crippen LogP contribution in [0.5, 0.6) is 17.2 Å². The van der Waals surface area contributed by atoms with E-state index in [-0.39, 0.29) is 22.9 Å². The first-order valence-corrected chi connectivity index (χ1v) is 18.4. The first kappa shape index (κ1) is 35.5. The summed E-state index contributed by atoms with van der Waals surface area (Å²) in [4.78, 5) is 4.73. The van der Waals surface area contributed by atoms with Crippen molar-refractivity contribution in [1.29, 1.82) is 0 Å². The lowest BCUT2D eigenvalue weighted by molar-refractivity contribution is 0.108. The Morgan fingerprint density at radius 3 is 2.21 bits per heavy atom. The standard InChI is InChI=1S/C45H52N4O3/c1-27-20-30(49-43(45(7,8)9)41(42(47-49)44(4,5)6)40-28(2)22-33(51-11)23-29(40)3)24-34(21-27)52-32-16-17-36-35-14-12-13-15-37(35)48(38(36)25-32)39-26-31(50-10)18-19-46-39/h12-22,24-26,29,33,40H,23H2,1-11H3/t29-,33?,40+/m0/s1. The molecule has 0 fully saturated rings. The number of fused-ring (bicyclic) bond motifs is 3. The van der Waals surface area contributed by atoms with Crippen LogP contribution < -0.4 is 9.47 Å². The summed E-state index contributed by atoms with van der Waals surface area (Å²) in [6.07, 6.45) is 5.22. The number of rotatable bonds is 7. The van der Waals surface area contributed by atoms with Crippen molar-refractivity contribution < 1.29 is 14.2 Å². The molecule has 3 atom stereocenters. The van der Waals surface area contributed by atoms with Crippen molar-refractivity contribution in [3.8, 4) is 28.8 Å². The number of methoxy groups -OCH3 is 2. The molecule has 0 aliphatic heterocycles. The molecule has 0 N–H and O–H groups in total. The molecule has 0 bridgehead atoms. The number of ether oxygens (including phenoxy) is 3. The third-order valence-electron chi connectivity index (χ3n) is 10.4. The maximum Gasteiger partial charge on any atom is 0.141 e. The van der Waals surface area contributed by atoms with Crippen LogP contribution in [0, 0.1) is 12.8 Å². The van der Waals surface area contributed by atoms with Gasteiger partial charge in [0.1, 0.15) is 23.1 Å². The van der Waals surface area contributed by atoms with Gasteiger partial charge in [0, 0.05) is 64.6 Å². The van der Waals surface area contributed by atoms with Crippen LogP contribution >= 0.6 is 0 Å². The average molecular weight is 697 g/mol. The molecule has 3 aromatic heterocycles. The number of hydrogen-bond donors (Lipinski definition) is 0. The summed E-state index contributed by atoms with van der Waals surface area (Å²) in [6, 6.07) is 25.0. The van der Waals surface area contributed by atoms with Crippen LogP contribution in [0.15, 0.2) is 90.6 Å². The zero-order valence-electron chi connectivity index (χ0n) is 32.5. The predicted octanol–water partition coefficient (Wildman–Crippen LogP) is 11.2. The lowest BCUT2D eigenvalue weighted by Gasteiger charge is -2.36. The van der Waals surface area contributed by atoms with Crippen molar-refractivity contribution in [3.63, 3.8) is 0 Å². The molecular weight excluding hydrogens is 645 g/mol. The lowest BCUT2D eigenvalue weighted by atomic mass is 9.69. The van der Waals surface area contributed by atoms with Crippen LogP contribution in [-0.4, -0.2) is 39.7 Å². The highest BCUT2D eigenvalue weighted by atomic mass is 16.5. The van der Waals surface area contributed by atoms with Gasteiger partial charge in [-0.2, -0.15) is 5.10 Å². The van der Waals surface area contributed by atoms with E-state index in [1.807, 2.05) is 19.2 Å². The predicted molar refractivity (Wildman–Crippen MR) is 212 cm³/mol. The van der Waals surface area contributed by atoms with Gasteiger partial charge in [0.15, 0.2) is 0 Å². The summed E-state index contributed by atoms with van der Waals surface area (Å²) < 4.78 is 22.5. The number of nitrogens with zero attached hydrogens (tertiary/aromatic N) is 4. The molecule has 7 nitrogen and oxygen atoms in total. The minimum absolute atomic E-state index is 0.140. The molecule has 0 radical (unpaired) electrons. The molecule has 3 heterocycles. The quantitative estimate of drug-likeness (QED) is 0.155. The van der Waals surface area contributed by atoms with Gasteiger partial charge in [-0.15, -0.1) is 0 Å². The number of pyridine rings is 1. The van der Waals surface area contributed by atoms with E-state index in [0.717, 1.165) is 68.2 Å². The van der Waals surface area contributed by atoms with Crippen molar-refractivity contribution in [1.82, 2.24) is 19.3 Å². The molecule has 7 rings (SSSR count). The number of aryl methyl sites for hydroxylation is 1. The van der Waals surface area contributed by atoms with Crippen molar-refractivity contribution in [3.05, 3.63) is 113 Å². The average Bonchev–Trinajstić information content (AvgIpc) is 3.65. The fourth-order valence-electron chi connectivity index (χ4n) is 8.24. The minimum atomic E-state index is -0.179. The molecule has 270 valence electrons. The molecular formula is C45H52N4O3.